The highest BCUT2D eigenvalue weighted by molar-refractivity contribution is 5.67. The van der Waals surface area contributed by atoms with Gasteiger partial charge < -0.3 is 10.2 Å². The van der Waals surface area contributed by atoms with Gasteiger partial charge in [-0.1, -0.05) is 6.58 Å². The third-order valence-corrected chi connectivity index (χ3v) is 0.502. The zero-order valence-corrected chi connectivity index (χ0v) is 5.86. The lowest BCUT2D eigenvalue weighted by molar-refractivity contribution is -0.136. The van der Waals surface area contributed by atoms with Crippen LogP contribution in [0.15, 0.2) is 17.8 Å². The van der Waals surface area contributed by atoms with Gasteiger partial charge in [-0.2, -0.15) is 0 Å². The van der Waals surface area contributed by atoms with E-state index in [1.54, 1.807) is 0 Å². The molecular weight excluding hydrogens is 150 g/mol. The number of carboxylic acid groups (broad SMARTS) is 1. The van der Waals surface area contributed by atoms with Crippen molar-refractivity contribution >= 4 is 12.0 Å². The molecular formula is C6H9NO4. The van der Waals surface area contributed by atoms with Crippen molar-refractivity contribution in [2.45, 2.75) is 6.42 Å². The van der Waals surface area contributed by atoms with Gasteiger partial charge in [0, 0.05) is 0 Å². The molecule has 0 aromatic carbocycles. The van der Waals surface area contributed by atoms with Gasteiger partial charge in [0.1, 0.15) is 0 Å². The number of aliphatic hydroxyl groups is 1. The Kier molecular flexibility index (Phi) is 12.3. The first-order valence-corrected chi connectivity index (χ1v) is 2.69. The summed E-state index contributed by atoms with van der Waals surface area (Å²) in [6, 6.07) is 0. The standard InChI is InChI=1S/C4H5NO3.C2H4O/c6-3-5-2-1-4(7)8;1-2-3/h1-2H2,(H,7,8);2-3H,1H2. The molecule has 0 saturated carbocycles. The number of carbonyl (C=O) groups is 1. The number of aliphatic imine (C=N–C) groups is 1. The van der Waals surface area contributed by atoms with E-state index in [-0.39, 0.29) is 13.0 Å². The predicted octanol–water partition coefficient (Wildman–Crippen LogP) is 0.485. The Morgan fingerprint density at radius 2 is 2.18 bits per heavy atom. The minimum Gasteiger partial charge on any atom is -0.516 e. The maximum atomic E-state index is 9.68. The van der Waals surface area contributed by atoms with E-state index in [0.717, 1.165) is 6.26 Å². The molecule has 62 valence electrons. The van der Waals surface area contributed by atoms with E-state index in [4.69, 9.17) is 10.2 Å². The van der Waals surface area contributed by atoms with E-state index >= 15 is 0 Å². The largest absolute Gasteiger partial charge is 0.516 e. The van der Waals surface area contributed by atoms with Crippen LogP contribution in [0.2, 0.25) is 0 Å². The van der Waals surface area contributed by atoms with Gasteiger partial charge in [0.05, 0.1) is 19.2 Å². The van der Waals surface area contributed by atoms with Crippen molar-refractivity contribution in [1.29, 1.82) is 0 Å². The average molecular weight is 159 g/mol. The van der Waals surface area contributed by atoms with Crippen molar-refractivity contribution in [3.05, 3.63) is 12.8 Å². The number of hydrogen-bond donors (Lipinski definition) is 2. The molecule has 0 aromatic heterocycles. The molecule has 0 aliphatic carbocycles. The summed E-state index contributed by atoms with van der Waals surface area (Å²) in [5.41, 5.74) is 0. The number of rotatable bonds is 3. The van der Waals surface area contributed by atoms with E-state index in [1.807, 2.05) is 0 Å². The summed E-state index contributed by atoms with van der Waals surface area (Å²) in [7, 11) is 0. The smallest absolute Gasteiger partial charge is 0.305 e. The van der Waals surface area contributed by atoms with Crippen molar-refractivity contribution in [3.63, 3.8) is 0 Å². The van der Waals surface area contributed by atoms with Crippen molar-refractivity contribution < 1.29 is 19.8 Å². The molecule has 0 saturated heterocycles. The first-order valence-electron chi connectivity index (χ1n) is 2.69. The quantitative estimate of drug-likeness (QED) is 0.356. The molecule has 11 heavy (non-hydrogen) atoms. The number of carboxylic acids is 1. The molecule has 0 unspecified atom stereocenters. The normalized spacial score (nSPS) is 6.55. The fourth-order valence-corrected chi connectivity index (χ4v) is 0.197. The fraction of sp³-hybridized carbons (Fsp3) is 0.333. The first-order chi connectivity index (χ1) is 5.18. The van der Waals surface area contributed by atoms with Gasteiger partial charge in [0.15, 0.2) is 0 Å². The van der Waals surface area contributed by atoms with Crippen LogP contribution in [-0.4, -0.2) is 28.8 Å². The van der Waals surface area contributed by atoms with Crippen LogP contribution in [0.5, 0.6) is 0 Å². The molecule has 0 aliphatic heterocycles. The molecule has 0 spiro atoms. The van der Waals surface area contributed by atoms with Crippen molar-refractivity contribution in [2.24, 2.45) is 4.99 Å². The van der Waals surface area contributed by atoms with Crippen molar-refractivity contribution in [1.82, 2.24) is 0 Å². The molecule has 0 aromatic rings. The Morgan fingerprint density at radius 1 is 1.73 bits per heavy atom. The monoisotopic (exact) mass is 159 g/mol. The van der Waals surface area contributed by atoms with Gasteiger partial charge in [-0.3, -0.25) is 4.79 Å². The van der Waals surface area contributed by atoms with Gasteiger partial charge in [-0.05, 0) is 0 Å². The number of isocyanates is 1. The highest BCUT2D eigenvalue weighted by Crippen LogP contribution is 1.76. The molecule has 5 nitrogen and oxygen atoms in total. The average Bonchev–Trinajstić information content (AvgIpc) is 1.89. The topological polar surface area (TPSA) is 87.0 Å². The summed E-state index contributed by atoms with van der Waals surface area (Å²) in [5, 5.41) is 15.3. The van der Waals surface area contributed by atoms with Crippen LogP contribution >= 0.6 is 0 Å². The zero-order valence-electron chi connectivity index (χ0n) is 5.86. The van der Waals surface area contributed by atoms with Crippen molar-refractivity contribution in [3.8, 4) is 0 Å². The van der Waals surface area contributed by atoms with E-state index in [0.29, 0.717) is 0 Å². The Balaban J connectivity index is 0. The fourth-order valence-electron chi connectivity index (χ4n) is 0.197. The van der Waals surface area contributed by atoms with Crippen molar-refractivity contribution in [2.75, 3.05) is 6.54 Å². The highest BCUT2D eigenvalue weighted by atomic mass is 16.4. The van der Waals surface area contributed by atoms with E-state index in [1.165, 1.54) is 6.08 Å². The van der Waals surface area contributed by atoms with E-state index in [9.17, 15) is 9.59 Å². The van der Waals surface area contributed by atoms with E-state index in [2.05, 4.69) is 11.6 Å². The summed E-state index contributed by atoms with van der Waals surface area (Å²) in [6.45, 7) is 2.94. The minimum atomic E-state index is -0.955. The Bertz CT molecular complexity index is 158. The first kappa shape index (κ1) is 12.1. The summed E-state index contributed by atoms with van der Waals surface area (Å²) >= 11 is 0. The van der Waals surface area contributed by atoms with Crippen LogP contribution in [0.4, 0.5) is 0 Å². The van der Waals surface area contributed by atoms with Crippen LogP contribution in [0, 0.1) is 0 Å². The van der Waals surface area contributed by atoms with Crippen LogP contribution in [0.25, 0.3) is 0 Å². The second-order valence-electron chi connectivity index (χ2n) is 1.30. The number of carbonyl (C=O) groups excluding carboxylic acids is 1. The molecule has 0 bridgehead atoms. The third-order valence-electron chi connectivity index (χ3n) is 0.502. The number of aliphatic carboxylic acids is 1. The second-order valence-corrected chi connectivity index (χ2v) is 1.30. The summed E-state index contributed by atoms with van der Waals surface area (Å²) in [5.74, 6) is -0.955. The molecule has 0 rings (SSSR count). The SMILES string of the molecule is C=CO.O=C=NCCC(=O)O. The molecule has 0 heterocycles. The summed E-state index contributed by atoms with van der Waals surface area (Å²) < 4.78 is 0. The molecule has 0 radical (unpaired) electrons. The van der Waals surface area contributed by atoms with Gasteiger partial charge in [-0.15, -0.1) is 0 Å². The van der Waals surface area contributed by atoms with Gasteiger partial charge in [0.2, 0.25) is 6.08 Å². The number of hydrogen-bond acceptors (Lipinski definition) is 4. The van der Waals surface area contributed by atoms with Gasteiger partial charge >= 0.3 is 5.97 Å². The second kappa shape index (κ2) is 11.2. The molecule has 2 N–H and O–H groups in total. The molecule has 0 fully saturated rings. The molecule has 5 heteroatoms. The lowest BCUT2D eigenvalue weighted by atomic mass is 10.4. The minimum absolute atomic E-state index is 0.0266. The molecule has 0 amide bonds. The maximum Gasteiger partial charge on any atom is 0.305 e. The summed E-state index contributed by atoms with van der Waals surface area (Å²) in [6.07, 6.45) is 1.88. The lowest BCUT2D eigenvalue weighted by Crippen LogP contribution is -1.95. The Hall–Kier alpha value is -1.61. The number of nitrogens with zero attached hydrogens (tertiary/aromatic N) is 1. The highest BCUT2D eigenvalue weighted by Gasteiger charge is 1.91. The van der Waals surface area contributed by atoms with Crippen LogP contribution in [0.1, 0.15) is 6.42 Å². The van der Waals surface area contributed by atoms with Gasteiger partial charge in [-0.25, -0.2) is 9.79 Å². The summed E-state index contributed by atoms with van der Waals surface area (Å²) in [4.78, 5) is 22.0. The zero-order chi connectivity index (χ0) is 9.11. The lowest BCUT2D eigenvalue weighted by Gasteiger charge is -1.80. The Labute approximate surface area is 63.7 Å². The molecule has 0 atom stereocenters. The van der Waals surface area contributed by atoms with E-state index < -0.39 is 5.97 Å². The molecule has 0 aliphatic rings. The van der Waals surface area contributed by atoms with Crippen LogP contribution in [-0.2, 0) is 9.59 Å². The predicted molar refractivity (Wildman–Crippen MR) is 38.1 cm³/mol. The van der Waals surface area contributed by atoms with Crippen LogP contribution < -0.4 is 0 Å². The maximum absolute atomic E-state index is 9.68. The Morgan fingerprint density at radius 3 is 2.45 bits per heavy atom. The van der Waals surface area contributed by atoms with Gasteiger partial charge in [0.25, 0.3) is 0 Å². The van der Waals surface area contributed by atoms with Crippen LogP contribution in [0.3, 0.4) is 0 Å². The third kappa shape index (κ3) is 29.8. The number of aliphatic hydroxyl groups excluding tert-OH is 1.